The molecule has 0 saturated carbocycles. The van der Waals surface area contributed by atoms with Gasteiger partial charge in [0.1, 0.15) is 29.6 Å². The van der Waals surface area contributed by atoms with Crippen molar-refractivity contribution >= 4 is 28.7 Å². The van der Waals surface area contributed by atoms with Crippen LogP contribution in [0, 0.1) is 6.92 Å². The Morgan fingerprint density at radius 3 is 2.47 bits per heavy atom. The van der Waals surface area contributed by atoms with Gasteiger partial charge in [0.05, 0.1) is 6.61 Å². The van der Waals surface area contributed by atoms with Crippen molar-refractivity contribution in [1.82, 2.24) is 9.55 Å². The van der Waals surface area contributed by atoms with Crippen LogP contribution in [0.25, 0.3) is 11.1 Å². The van der Waals surface area contributed by atoms with Crippen molar-refractivity contribution in [3.63, 3.8) is 0 Å². The van der Waals surface area contributed by atoms with Crippen molar-refractivity contribution < 1.29 is 18.7 Å². The fraction of sp³-hybridized carbons (Fsp3) is 0.364. The number of benzene rings is 1. The van der Waals surface area contributed by atoms with Crippen molar-refractivity contribution in [1.29, 1.82) is 0 Å². The highest BCUT2D eigenvalue weighted by Gasteiger charge is 2.24. The van der Waals surface area contributed by atoms with Crippen LogP contribution in [0.5, 0.6) is 0 Å². The summed E-state index contributed by atoms with van der Waals surface area (Å²) in [4.78, 5) is 41.7. The van der Waals surface area contributed by atoms with Crippen molar-refractivity contribution in [3.8, 4) is 0 Å². The number of esters is 1. The molecule has 1 N–H and O–H groups in total. The van der Waals surface area contributed by atoms with E-state index in [1.54, 1.807) is 13.8 Å². The lowest BCUT2D eigenvalue weighted by atomic mass is 9.87. The molecule has 0 atom stereocenters. The van der Waals surface area contributed by atoms with Crippen molar-refractivity contribution in [2.45, 2.75) is 46.6 Å². The number of carbonyl (C=O) groups is 2. The molecule has 0 aliphatic rings. The van der Waals surface area contributed by atoms with E-state index in [9.17, 15) is 14.4 Å². The van der Waals surface area contributed by atoms with E-state index in [1.807, 2.05) is 24.3 Å². The van der Waals surface area contributed by atoms with Gasteiger partial charge < -0.3 is 14.5 Å². The molecule has 30 heavy (non-hydrogen) atoms. The zero-order valence-corrected chi connectivity index (χ0v) is 17.7. The molecular weight excluding hydrogens is 386 g/mol. The molecule has 2 aromatic heterocycles. The smallest absolute Gasteiger partial charge is 0.342 e. The van der Waals surface area contributed by atoms with Crippen LogP contribution in [0.1, 0.15) is 49.4 Å². The number of aryl methyl sites for hydroxylation is 1. The van der Waals surface area contributed by atoms with Gasteiger partial charge in [0.15, 0.2) is 0 Å². The fourth-order valence-electron chi connectivity index (χ4n) is 3.11. The largest absolute Gasteiger partial charge is 0.462 e. The lowest BCUT2D eigenvalue weighted by Crippen LogP contribution is -2.28. The van der Waals surface area contributed by atoms with Gasteiger partial charge in [-0.05, 0) is 37.0 Å². The number of hydrogen-bond acceptors (Lipinski definition) is 6. The Balaban J connectivity index is 1.84. The molecule has 0 aliphatic heterocycles. The molecule has 3 aromatic rings. The predicted molar refractivity (Wildman–Crippen MR) is 113 cm³/mol. The van der Waals surface area contributed by atoms with Crippen LogP contribution in [-0.4, -0.2) is 28.0 Å². The SMILES string of the molecule is CCOC(=O)c1c(C)oc2ncn(CC(=O)Nc3ccc(C(C)(C)C)cc3)c(=O)c12. The summed E-state index contributed by atoms with van der Waals surface area (Å²) in [5, 5.41) is 2.78. The molecular formula is C22H25N3O5. The number of rotatable bonds is 5. The van der Waals surface area contributed by atoms with Gasteiger partial charge in [-0.2, -0.15) is 0 Å². The normalized spacial score (nSPS) is 11.5. The molecule has 0 unspecified atom stereocenters. The highest BCUT2D eigenvalue weighted by molar-refractivity contribution is 6.03. The van der Waals surface area contributed by atoms with E-state index in [2.05, 4.69) is 31.1 Å². The Bertz CT molecular complexity index is 1150. The number of carbonyl (C=O) groups excluding carboxylic acids is 2. The lowest BCUT2D eigenvalue weighted by molar-refractivity contribution is -0.116. The number of hydrogen-bond donors (Lipinski definition) is 1. The number of aromatic nitrogens is 2. The first-order valence-corrected chi connectivity index (χ1v) is 9.68. The van der Waals surface area contributed by atoms with Gasteiger partial charge in [-0.1, -0.05) is 32.9 Å². The van der Waals surface area contributed by atoms with Crippen LogP contribution in [0.15, 0.2) is 39.8 Å². The topological polar surface area (TPSA) is 103 Å². The zero-order chi connectivity index (χ0) is 22.1. The molecule has 8 heteroatoms. The number of fused-ring (bicyclic) bond motifs is 1. The minimum absolute atomic E-state index is 0.00998. The Labute approximate surface area is 173 Å². The van der Waals surface area contributed by atoms with Crippen molar-refractivity contribution in [2.75, 3.05) is 11.9 Å². The van der Waals surface area contributed by atoms with E-state index < -0.39 is 11.5 Å². The maximum Gasteiger partial charge on any atom is 0.342 e. The summed E-state index contributed by atoms with van der Waals surface area (Å²) in [6.07, 6.45) is 1.23. The van der Waals surface area contributed by atoms with E-state index in [1.165, 1.54) is 6.33 Å². The molecule has 8 nitrogen and oxygen atoms in total. The Kier molecular flexibility index (Phi) is 5.78. The van der Waals surface area contributed by atoms with Gasteiger partial charge in [-0.3, -0.25) is 14.2 Å². The van der Waals surface area contributed by atoms with E-state index in [4.69, 9.17) is 9.15 Å². The molecule has 0 fully saturated rings. The van der Waals surface area contributed by atoms with E-state index >= 15 is 0 Å². The summed E-state index contributed by atoms with van der Waals surface area (Å²) >= 11 is 0. The molecule has 1 amide bonds. The number of ether oxygens (including phenoxy) is 1. The molecule has 0 spiro atoms. The maximum atomic E-state index is 12.9. The van der Waals surface area contributed by atoms with Crippen LogP contribution in [0.4, 0.5) is 5.69 Å². The second-order valence-corrected chi connectivity index (χ2v) is 7.99. The first kappa shape index (κ1) is 21.3. The summed E-state index contributed by atoms with van der Waals surface area (Å²) in [5.41, 5.74) is 1.32. The molecule has 0 radical (unpaired) electrons. The first-order chi connectivity index (χ1) is 14.1. The fourth-order valence-corrected chi connectivity index (χ4v) is 3.11. The van der Waals surface area contributed by atoms with Gasteiger partial charge in [0.2, 0.25) is 11.6 Å². The van der Waals surface area contributed by atoms with E-state index in [0.717, 1.165) is 10.1 Å². The molecule has 158 valence electrons. The highest BCUT2D eigenvalue weighted by Crippen LogP contribution is 2.24. The van der Waals surface area contributed by atoms with Gasteiger partial charge in [-0.25, -0.2) is 9.78 Å². The van der Waals surface area contributed by atoms with Crippen LogP contribution in [-0.2, 0) is 21.5 Å². The second kappa shape index (κ2) is 8.14. The van der Waals surface area contributed by atoms with Crippen molar-refractivity contribution in [3.05, 3.63) is 57.8 Å². The van der Waals surface area contributed by atoms with Crippen LogP contribution >= 0.6 is 0 Å². The second-order valence-electron chi connectivity index (χ2n) is 7.99. The first-order valence-electron chi connectivity index (χ1n) is 9.68. The Hall–Kier alpha value is -3.42. The predicted octanol–water partition coefficient (Wildman–Crippen LogP) is 3.41. The summed E-state index contributed by atoms with van der Waals surface area (Å²) in [5.74, 6) is -0.803. The monoisotopic (exact) mass is 411 g/mol. The number of nitrogens with zero attached hydrogens (tertiary/aromatic N) is 2. The number of nitrogens with one attached hydrogen (secondary N) is 1. The van der Waals surface area contributed by atoms with E-state index in [-0.39, 0.29) is 46.9 Å². The summed E-state index contributed by atoms with van der Waals surface area (Å²) in [6, 6.07) is 7.55. The quantitative estimate of drug-likeness (QED) is 0.646. The van der Waals surface area contributed by atoms with Crippen LogP contribution < -0.4 is 10.9 Å². The maximum absolute atomic E-state index is 12.9. The zero-order valence-electron chi connectivity index (χ0n) is 17.7. The summed E-state index contributed by atoms with van der Waals surface area (Å²) in [6.45, 7) is 9.47. The Morgan fingerprint density at radius 1 is 1.20 bits per heavy atom. The minimum Gasteiger partial charge on any atom is -0.462 e. The van der Waals surface area contributed by atoms with Gasteiger partial charge in [-0.15, -0.1) is 0 Å². The average molecular weight is 411 g/mol. The van der Waals surface area contributed by atoms with Gasteiger partial charge >= 0.3 is 5.97 Å². The third-order valence-electron chi connectivity index (χ3n) is 4.68. The number of amides is 1. The van der Waals surface area contributed by atoms with E-state index in [0.29, 0.717) is 5.69 Å². The third-order valence-corrected chi connectivity index (χ3v) is 4.68. The number of anilines is 1. The molecule has 0 bridgehead atoms. The molecule has 2 heterocycles. The van der Waals surface area contributed by atoms with Gasteiger partial charge in [0, 0.05) is 5.69 Å². The minimum atomic E-state index is -0.659. The Morgan fingerprint density at radius 2 is 1.87 bits per heavy atom. The van der Waals surface area contributed by atoms with Crippen molar-refractivity contribution in [2.24, 2.45) is 0 Å². The van der Waals surface area contributed by atoms with Crippen LogP contribution in [0.3, 0.4) is 0 Å². The average Bonchev–Trinajstić information content (AvgIpc) is 3.01. The molecule has 0 saturated heterocycles. The van der Waals surface area contributed by atoms with Crippen LogP contribution in [0.2, 0.25) is 0 Å². The third kappa shape index (κ3) is 4.27. The summed E-state index contributed by atoms with van der Waals surface area (Å²) in [7, 11) is 0. The lowest BCUT2D eigenvalue weighted by Gasteiger charge is -2.19. The highest BCUT2D eigenvalue weighted by atomic mass is 16.5. The molecule has 0 aliphatic carbocycles. The summed E-state index contributed by atoms with van der Waals surface area (Å²) < 4.78 is 11.6. The molecule has 3 rings (SSSR count). The molecule has 1 aromatic carbocycles. The van der Waals surface area contributed by atoms with Gasteiger partial charge in [0.25, 0.3) is 5.56 Å². The number of furan rings is 1. The standard InChI is InChI=1S/C22H25N3O5/c1-6-29-21(28)17-13(2)30-19-18(17)20(27)25(12-23-19)11-16(26)24-15-9-7-14(8-10-15)22(3,4)5/h7-10,12H,6,11H2,1-5H3,(H,24,26).